The van der Waals surface area contributed by atoms with E-state index in [9.17, 15) is 13.2 Å². The zero-order valence-electron chi connectivity index (χ0n) is 10.3. The van der Waals surface area contributed by atoms with Crippen LogP contribution >= 0.6 is 0 Å². The van der Waals surface area contributed by atoms with E-state index in [0.29, 0.717) is 11.5 Å². The van der Waals surface area contributed by atoms with E-state index in [1.54, 1.807) is 19.1 Å². The predicted octanol–water partition coefficient (Wildman–Crippen LogP) is 0.769. The Morgan fingerprint density at radius 2 is 2.11 bits per heavy atom. The minimum Gasteiger partial charge on any atom is -0.319 e. The number of carbonyl (C=O) groups is 1. The summed E-state index contributed by atoms with van der Waals surface area (Å²) >= 11 is 0. The molecule has 0 aliphatic rings. The molecule has 8 heteroatoms. The maximum atomic E-state index is 11.8. The molecule has 0 spiro atoms. The number of hydrogen-bond donors (Lipinski definition) is 2. The molecule has 0 bridgehead atoms. The summed E-state index contributed by atoms with van der Waals surface area (Å²) in [4.78, 5) is 15.8. The Balaban J connectivity index is 2.22. The second-order valence-electron chi connectivity index (χ2n) is 4.00. The molecule has 19 heavy (non-hydrogen) atoms. The van der Waals surface area contributed by atoms with E-state index in [1.165, 1.54) is 12.1 Å². The van der Waals surface area contributed by atoms with Crippen molar-refractivity contribution in [1.82, 2.24) is 15.2 Å². The molecule has 100 valence electrons. The third-order valence-electron chi connectivity index (χ3n) is 2.32. The number of benzene rings is 1. The lowest BCUT2D eigenvalue weighted by molar-refractivity contribution is 0.101. The number of nitrogens with one attached hydrogen (secondary N) is 2. The van der Waals surface area contributed by atoms with E-state index in [4.69, 9.17) is 0 Å². The van der Waals surface area contributed by atoms with Gasteiger partial charge in [0.2, 0.25) is 5.82 Å². The number of aromatic nitrogens is 3. The summed E-state index contributed by atoms with van der Waals surface area (Å²) in [6.45, 7) is 1.67. The summed E-state index contributed by atoms with van der Waals surface area (Å²) in [5.74, 6) is 0.0206. The minimum atomic E-state index is -3.31. The average Bonchev–Trinajstić information content (AvgIpc) is 2.75. The zero-order chi connectivity index (χ0) is 14.0. The molecule has 2 aromatic rings. The van der Waals surface area contributed by atoms with Gasteiger partial charge in [-0.25, -0.2) is 13.4 Å². The van der Waals surface area contributed by atoms with Crippen molar-refractivity contribution >= 4 is 21.4 Å². The lowest BCUT2D eigenvalue weighted by atomic mass is 10.3. The van der Waals surface area contributed by atoms with E-state index in [-0.39, 0.29) is 10.7 Å². The Morgan fingerprint density at radius 1 is 1.37 bits per heavy atom. The van der Waals surface area contributed by atoms with Crippen LogP contribution in [0.1, 0.15) is 16.4 Å². The number of anilines is 1. The summed E-state index contributed by atoms with van der Waals surface area (Å²) in [7, 11) is -3.31. The van der Waals surface area contributed by atoms with E-state index in [0.717, 1.165) is 6.26 Å². The average molecular weight is 280 g/mol. The summed E-state index contributed by atoms with van der Waals surface area (Å²) < 4.78 is 22.8. The number of rotatable bonds is 3. The minimum absolute atomic E-state index is 0.00209. The highest BCUT2D eigenvalue weighted by Crippen LogP contribution is 2.15. The van der Waals surface area contributed by atoms with Crippen molar-refractivity contribution in [3.8, 4) is 0 Å². The summed E-state index contributed by atoms with van der Waals surface area (Å²) in [5, 5.41) is 8.81. The molecular formula is C11H12N4O3S. The molecule has 0 saturated heterocycles. The predicted molar refractivity (Wildman–Crippen MR) is 68.6 cm³/mol. The summed E-state index contributed by atoms with van der Waals surface area (Å²) in [5.41, 5.74) is 0.371. The molecule has 0 radical (unpaired) electrons. The van der Waals surface area contributed by atoms with Crippen molar-refractivity contribution in [2.24, 2.45) is 0 Å². The number of carbonyl (C=O) groups excluding carboxylic acids is 1. The van der Waals surface area contributed by atoms with Crippen LogP contribution in [0.2, 0.25) is 0 Å². The summed E-state index contributed by atoms with van der Waals surface area (Å²) in [6.07, 6.45) is 1.10. The second-order valence-corrected chi connectivity index (χ2v) is 6.01. The highest BCUT2D eigenvalue weighted by Gasteiger charge is 2.13. The van der Waals surface area contributed by atoms with Crippen molar-refractivity contribution in [3.63, 3.8) is 0 Å². The fraction of sp³-hybridized carbons (Fsp3) is 0.182. The van der Waals surface area contributed by atoms with Gasteiger partial charge in [-0.2, -0.15) is 0 Å². The topological polar surface area (TPSA) is 105 Å². The third-order valence-corrected chi connectivity index (χ3v) is 3.43. The van der Waals surface area contributed by atoms with Gasteiger partial charge in [0.05, 0.1) is 4.90 Å². The van der Waals surface area contributed by atoms with Gasteiger partial charge in [-0.15, -0.1) is 5.10 Å². The van der Waals surface area contributed by atoms with Gasteiger partial charge in [-0.3, -0.25) is 9.89 Å². The maximum absolute atomic E-state index is 11.8. The van der Waals surface area contributed by atoms with E-state index < -0.39 is 15.7 Å². The van der Waals surface area contributed by atoms with E-state index >= 15 is 0 Å². The molecular weight excluding hydrogens is 268 g/mol. The highest BCUT2D eigenvalue weighted by atomic mass is 32.2. The number of sulfone groups is 1. The molecule has 1 aromatic carbocycles. The smallest absolute Gasteiger partial charge is 0.295 e. The molecule has 0 aliphatic heterocycles. The van der Waals surface area contributed by atoms with Crippen LogP contribution in [0.3, 0.4) is 0 Å². The number of H-pyrrole nitrogens is 1. The highest BCUT2D eigenvalue weighted by molar-refractivity contribution is 7.90. The fourth-order valence-corrected chi connectivity index (χ4v) is 2.10. The quantitative estimate of drug-likeness (QED) is 0.864. The number of hydrogen-bond acceptors (Lipinski definition) is 5. The first kappa shape index (κ1) is 13.2. The van der Waals surface area contributed by atoms with E-state index in [2.05, 4.69) is 20.5 Å². The van der Waals surface area contributed by atoms with Crippen molar-refractivity contribution in [2.75, 3.05) is 11.6 Å². The molecule has 1 amide bonds. The van der Waals surface area contributed by atoms with Crippen LogP contribution in [0.4, 0.5) is 5.69 Å². The number of aromatic amines is 1. The normalized spacial score (nSPS) is 11.3. The Morgan fingerprint density at radius 3 is 2.68 bits per heavy atom. The first-order chi connectivity index (χ1) is 8.86. The molecule has 0 unspecified atom stereocenters. The standard InChI is InChI=1S/C11H12N4O3S/c1-7-12-10(15-14-7)11(16)13-8-4-3-5-9(6-8)19(2,17)18/h3-6H,1-2H3,(H,13,16)(H,12,14,15). The van der Waals surface area contributed by atoms with Crippen LogP contribution in [0.15, 0.2) is 29.2 Å². The van der Waals surface area contributed by atoms with E-state index in [1.807, 2.05) is 0 Å². The van der Waals surface area contributed by atoms with Crippen molar-refractivity contribution < 1.29 is 13.2 Å². The van der Waals surface area contributed by atoms with Crippen molar-refractivity contribution in [3.05, 3.63) is 35.9 Å². The molecule has 2 N–H and O–H groups in total. The zero-order valence-corrected chi connectivity index (χ0v) is 11.2. The van der Waals surface area contributed by atoms with Gasteiger partial charge in [0.15, 0.2) is 9.84 Å². The Labute approximate surface area is 110 Å². The van der Waals surface area contributed by atoms with Crippen molar-refractivity contribution in [2.45, 2.75) is 11.8 Å². The lowest BCUT2D eigenvalue weighted by Gasteiger charge is -2.04. The second kappa shape index (κ2) is 4.81. The molecule has 0 aliphatic carbocycles. The van der Waals surface area contributed by atoms with Gasteiger partial charge in [0, 0.05) is 11.9 Å². The maximum Gasteiger partial charge on any atom is 0.295 e. The molecule has 2 rings (SSSR count). The van der Waals surface area contributed by atoms with Gasteiger partial charge in [0.1, 0.15) is 5.82 Å². The SMILES string of the molecule is Cc1nc(C(=O)Nc2cccc(S(C)(=O)=O)c2)n[nH]1. The van der Waals surface area contributed by atoms with Gasteiger partial charge in [-0.05, 0) is 25.1 Å². The Hall–Kier alpha value is -2.22. The Bertz CT molecular complexity index is 721. The molecule has 0 atom stereocenters. The van der Waals surface area contributed by atoms with Gasteiger partial charge >= 0.3 is 0 Å². The first-order valence-electron chi connectivity index (χ1n) is 5.37. The Kier molecular flexibility index (Phi) is 3.34. The van der Waals surface area contributed by atoms with Crippen LogP contribution in [0.25, 0.3) is 0 Å². The van der Waals surface area contributed by atoms with Crippen LogP contribution in [0.5, 0.6) is 0 Å². The van der Waals surface area contributed by atoms with Crippen LogP contribution in [-0.2, 0) is 9.84 Å². The molecule has 7 nitrogen and oxygen atoms in total. The molecule has 0 fully saturated rings. The monoisotopic (exact) mass is 280 g/mol. The summed E-state index contributed by atoms with van der Waals surface area (Å²) in [6, 6.07) is 5.98. The van der Waals surface area contributed by atoms with Gasteiger partial charge in [0.25, 0.3) is 5.91 Å². The third kappa shape index (κ3) is 3.16. The van der Waals surface area contributed by atoms with Crippen LogP contribution in [0, 0.1) is 6.92 Å². The fourth-order valence-electron chi connectivity index (χ4n) is 1.44. The number of amides is 1. The molecule has 1 heterocycles. The first-order valence-corrected chi connectivity index (χ1v) is 7.26. The van der Waals surface area contributed by atoms with Gasteiger partial charge in [-0.1, -0.05) is 6.07 Å². The lowest BCUT2D eigenvalue weighted by Crippen LogP contribution is -2.14. The van der Waals surface area contributed by atoms with Crippen LogP contribution in [-0.4, -0.2) is 35.8 Å². The van der Waals surface area contributed by atoms with Crippen LogP contribution < -0.4 is 5.32 Å². The largest absolute Gasteiger partial charge is 0.319 e. The van der Waals surface area contributed by atoms with Gasteiger partial charge < -0.3 is 5.32 Å². The number of aryl methyl sites for hydroxylation is 1. The molecule has 1 aromatic heterocycles. The van der Waals surface area contributed by atoms with Crippen molar-refractivity contribution in [1.29, 1.82) is 0 Å². The molecule has 0 saturated carbocycles. The number of nitrogens with zero attached hydrogens (tertiary/aromatic N) is 2.